The summed E-state index contributed by atoms with van der Waals surface area (Å²) < 4.78 is 5.53. The molecule has 2 fully saturated rings. The molecule has 1 saturated carbocycles. The van der Waals surface area contributed by atoms with Crippen molar-refractivity contribution in [2.24, 2.45) is 28.8 Å². The Bertz CT molecular complexity index is 744. The van der Waals surface area contributed by atoms with Crippen molar-refractivity contribution in [2.45, 2.75) is 13.3 Å². The van der Waals surface area contributed by atoms with Gasteiger partial charge in [0.2, 0.25) is 0 Å². The summed E-state index contributed by atoms with van der Waals surface area (Å²) >= 11 is 6.02. The Balaban J connectivity index is 1.60. The van der Waals surface area contributed by atoms with Gasteiger partial charge in [0.1, 0.15) is 5.75 Å². The Morgan fingerprint density at radius 1 is 1.25 bits per heavy atom. The zero-order chi connectivity index (χ0) is 16.8. The molecule has 2 bridgehead atoms. The Morgan fingerprint density at radius 2 is 1.92 bits per heavy atom. The van der Waals surface area contributed by atoms with Crippen molar-refractivity contribution in [3.05, 3.63) is 40.9 Å². The van der Waals surface area contributed by atoms with Gasteiger partial charge in [0.25, 0.3) is 11.8 Å². The minimum absolute atomic E-state index is 0.182. The van der Waals surface area contributed by atoms with Gasteiger partial charge in [-0.15, -0.1) is 0 Å². The zero-order valence-electron chi connectivity index (χ0n) is 13.2. The number of imide groups is 1. The molecule has 0 spiro atoms. The highest BCUT2D eigenvalue weighted by molar-refractivity contribution is 6.30. The molecule has 2 aliphatic carbocycles. The van der Waals surface area contributed by atoms with Gasteiger partial charge in [-0.2, -0.15) is 10.1 Å². The zero-order valence-corrected chi connectivity index (χ0v) is 13.9. The number of hydrazone groups is 1. The summed E-state index contributed by atoms with van der Waals surface area (Å²) in [5.74, 6) is 0.109. The molecule has 0 unspecified atom stereocenters. The fraction of sp³-hybridized carbons (Fsp3) is 0.389. The maximum Gasteiger partial charge on any atom is 0.254 e. The molecule has 24 heavy (non-hydrogen) atoms. The third-order valence-electron chi connectivity index (χ3n) is 5.03. The van der Waals surface area contributed by atoms with E-state index in [1.807, 2.05) is 6.92 Å². The van der Waals surface area contributed by atoms with Crippen LogP contribution in [-0.2, 0) is 9.59 Å². The normalized spacial score (nSPS) is 30.7. The summed E-state index contributed by atoms with van der Waals surface area (Å²) in [5, 5.41) is 5.73. The third kappa shape index (κ3) is 2.26. The van der Waals surface area contributed by atoms with Crippen molar-refractivity contribution in [3.8, 4) is 5.75 Å². The molecule has 1 aliphatic heterocycles. The highest BCUT2D eigenvalue weighted by Crippen LogP contribution is 2.52. The number of nitrogens with zero attached hydrogens (tertiary/aromatic N) is 2. The fourth-order valence-electron chi connectivity index (χ4n) is 4.03. The van der Waals surface area contributed by atoms with Gasteiger partial charge in [0.15, 0.2) is 0 Å². The minimum atomic E-state index is -0.240. The summed E-state index contributed by atoms with van der Waals surface area (Å²) in [5.41, 5.74) is 0.642. The average Bonchev–Trinajstić information content (AvgIpc) is 3.23. The lowest BCUT2D eigenvalue weighted by Crippen LogP contribution is -2.28. The number of halogens is 1. The monoisotopic (exact) mass is 344 g/mol. The molecule has 0 radical (unpaired) electrons. The lowest BCUT2D eigenvalue weighted by molar-refractivity contribution is -0.140. The number of ether oxygens (including phenoxy) is 1. The number of allylic oxidation sites excluding steroid dienone is 2. The molecule has 124 valence electrons. The van der Waals surface area contributed by atoms with Crippen LogP contribution in [0, 0.1) is 23.7 Å². The Labute approximate surface area is 144 Å². The topological polar surface area (TPSA) is 59.0 Å². The Kier molecular flexibility index (Phi) is 3.68. The van der Waals surface area contributed by atoms with Crippen LogP contribution < -0.4 is 4.74 Å². The van der Waals surface area contributed by atoms with Gasteiger partial charge in [-0.05, 0) is 43.4 Å². The predicted molar refractivity (Wildman–Crippen MR) is 89.8 cm³/mol. The lowest BCUT2D eigenvalue weighted by atomic mass is 9.85. The van der Waals surface area contributed by atoms with Crippen LogP contribution in [0.3, 0.4) is 0 Å². The van der Waals surface area contributed by atoms with E-state index in [-0.39, 0.29) is 35.5 Å². The van der Waals surface area contributed by atoms with Gasteiger partial charge in [-0.1, -0.05) is 23.8 Å². The molecule has 5 nitrogen and oxygen atoms in total. The number of carbonyl (C=O) groups is 2. The molecule has 4 rings (SSSR count). The van der Waals surface area contributed by atoms with E-state index >= 15 is 0 Å². The average molecular weight is 345 g/mol. The van der Waals surface area contributed by atoms with Gasteiger partial charge in [-0.3, -0.25) is 9.59 Å². The fourth-order valence-corrected chi connectivity index (χ4v) is 4.21. The summed E-state index contributed by atoms with van der Waals surface area (Å²) in [4.78, 5) is 25.2. The number of benzene rings is 1. The van der Waals surface area contributed by atoms with Crippen molar-refractivity contribution in [2.75, 3.05) is 6.61 Å². The van der Waals surface area contributed by atoms with Crippen LogP contribution in [0.2, 0.25) is 5.02 Å². The third-order valence-corrected chi connectivity index (χ3v) is 5.27. The smallest absolute Gasteiger partial charge is 0.254 e. The van der Waals surface area contributed by atoms with E-state index in [4.69, 9.17) is 16.3 Å². The molecule has 2 amide bonds. The Hall–Kier alpha value is -2.14. The number of rotatable bonds is 4. The number of amides is 2. The summed E-state index contributed by atoms with van der Waals surface area (Å²) in [7, 11) is 0. The first-order chi connectivity index (χ1) is 11.6. The molecule has 1 aromatic rings. The standard InChI is InChI=1S/C18H17ClN2O3/c1-2-24-14-6-5-13(19)8-12(14)9-20-21-17(22)15-10-3-4-11(7-10)16(15)18(21)23/h3-6,8-11,15-16H,2,7H2,1H3/b20-9-/t10-,11+,15+,16-. The van der Waals surface area contributed by atoms with Crippen LogP contribution in [0.4, 0.5) is 0 Å². The van der Waals surface area contributed by atoms with E-state index in [1.165, 1.54) is 6.21 Å². The molecule has 1 saturated heterocycles. The van der Waals surface area contributed by atoms with Crippen LogP contribution >= 0.6 is 11.6 Å². The molecule has 0 N–H and O–H groups in total. The summed E-state index contributed by atoms with van der Waals surface area (Å²) in [6.07, 6.45) is 6.51. The van der Waals surface area contributed by atoms with Gasteiger partial charge < -0.3 is 4.74 Å². The van der Waals surface area contributed by atoms with E-state index in [2.05, 4.69) is 17.3 Å². The molecule has 6 heteroatoms. The Morgan fingerprint density at radius 3 is 2.54 bits per heavy atom. The molecule has 0 aromatic heterocycles. The minimum Gasteiger partial charge on any atom is -0.493 e. The number of carbonyl (C=O) groups excluding carboxylic acids is 2. The molecular formula is C18H17ClN2O3. The number of hydrogen-bond donors (Lipinski definition) is 0. The quantitative estimate of drug-likeness (QED) is 0.479. The van der Waals surface area contributed by atoms with Crippen molar-refractivity contribution < 1.29 is 14.3 Å². The van der Waals surface area contributed by atoms with E-state index in [1.54, 1.807) is 18.2 Å². The first kappa shape index (κ1) is 15.4. The van der Waals surface area contributed by atoms with Crippen molar-refractivity contribution in [3.63, 3.8) is 0 Å². The van der Waals surface area contributed by atoms with Crippen LogP contribution in [0.25, 0.3) is 0 Å². The van der Waals surface area contributed by atoms with Gasteiger partial charge >= 0.3 is 0 Å². The SMILES string of the molecule is CCOc1ccc(Cl)cc1/C=N\N1C(=O)[C@@H]2[C@H](C1=O)[C@H]1C=C[C@@H]2C1. The molecule has 4 atom stereocenters. The number of hydrogen-bond acceptors (Lipinski definition) is 4. The first-order valence-corrected chi connectivity index (χ1v) is 8.50. The maximum atomic E-state index is 12.6. The number of fused-ring (bicyclic) bond motifs is 5. The van der Waals surface area contributed by atoms with Gasteiger partial charge in [0, 0.05) is 10.6 Å². The van der Waals surface area contributed by atoms with E-state index in [0.29, 0.717) is 22.9 Å². The van der Waals surface area contributed by atoms with E-state index in [9.17, 15) is 9.59 Å². The van der Waals surface area contributed by atoms with Crippen LogP contribution in [0.15, 0.2) is 35.5 Å². The van der Waals surface area contributed by atoms with Crippen LogP contribution in [-0.4, -0.2) is 29.6 Å². The van der Waals surface area contributed by atoms with Crippen molar-refractivity contribution >= 4 is 29.6 Å². The summed E-state index contributed by atoms with van der Waals surface area (Å²) in [6, 6.07) is 5.18. The predicted octanol–water partition coefficient (Wildman–Crippen LogP) is 2.88. The molecule has 3 aliphatic rings. The second kappa shape index (κ2) is 5.74. The van der Waals surface area contributed by atoms with Crippen molar-refractivity contribution in [1.29, 1.82) is 0 Å². The molecule has 1 heterocycles. The highest BCUT2D eigenvalue weighted by Gasteiger charge is 2.59. The van der Waals surface area contributed by atoms with E-state index < -0.39 is 0 Å². The molecule has 1 aromatic carbocycles. The highest BCUT2D eigenvalue weighted by atomic mass is 35.5. The summed E-state index contributed by atoms with van der Waals surface area (Å²) in [6.45, 7) is 2.39. The second-order valence-corrected chi connectivity index (χ2v) is 6.78. The van der Waals surface area contributed by atoms with Crippen LogP contribution in [0.5, 0.6) is 5.75 Å². The van der Waals surface area contributed by atoms with Crippen molar-refractivity contribution in [1.82, 2.24) is 5.01 Å². The van der Waals surface area contributed by atoms with Crippen LogP contribution in [0.1, 0.15) is 18.9 Å². The van der Waals surface area contributed by atoms with Gasteiger partial charge in [0.05, 0.1) is 24.7 Å². The van der Waals surface area contributed by atoms with Gasteiger partial charge in [-0.25, -0.2) is 0 Å². The molecular weight excluding hydrogens is 328 g/mol. The maximum absolute atomic E-state index is 12.6. The second-order valence-electron chi connectivity index (χ2n) is 6.35. The lowest BCUT2D eigenvalue weighted by Gasteiger charge is -2.13. The van der Waals surface area contributed by atoms with E-state index in [0.717, 1.165) is 11.4 Å². The first-order valence-electron chi connectivity index (χ1n) is 8.12. The largest absolute Gasteiger partial charge is 0.493 e.